The normalized spacial score (nSPS) is 11.5. The average Bonchev–Trinajstić information content (AvgIpc) is 2.47. The second kappa shape index (κ2) is 6.76. The van der Waals surface area contributed by atoms with Gasteiger partial charge in [0.25, 0.3) is 0 Å². The molecule has 0 unspecified atom stereocenters. The maximum Gasteiger partial charge on any atom is 0.242 e. The summed E-state index contributed by atoms with van der Waals surface area (Å²) in [5, 5.41) is 3.09. The first kappa shape index (κ1) is 16.3. The van der Waals surface area contributed by atoms with Crippen LogP contribution in [-0.4, -0.2) is 26.6 Å². The van der Waals surface area contributed by atoms with E-state index in [9.17, 15) is 8.42 Å². The van der Waals surface area contributed by atoms with Gasteiger partial charge >= 0.3 is 0 Å². The fraction of sp³-hybridized carbons (Fsp3) is 0.267. The molecule has 0 saturated heterocycles. The van der Waals surface area contributed by atoms with Crippen molar-refractivity contribution in [2.24, 2.45) is 0 Å². The number of anilines is 2. The molecule has 1 heterocycles. The zero-order chi connectivity index (χ0) is 16.2. The van der Waals surface area contributed by atoms with Crippen molar-refractivity contribution in [3.8, 4) is 5.75 Å². The lowest BCUT2D eigenvalue weighted by atomic mass is 10.3. The maximum absolute atomic E-state index is 12.0. The van der Waals surface area contributed by atoms with Crippen molar-refractivity contribution in [1.29, 1.82) is 0 Å². The molecule has 0 saturated carbocycles. The molecule has 0 aliphatic carbocycles. The summed E-state index contributed by atoms with van der Waals surface area (Å²) in [4.78, 5) is 4.27. The van der Waals surface area contributed by atoms with Crippen LogP contribution in [0.4, 0.5) is 11.5 Å². The minimum Gasteiger partial charge on any atom is -0.497 e. The van der Waals surface area contributed by atoms with E-state index in [1.54, 1.807) is 27.0 Å². The zero-order valence-corrected chi connectivity index (χ0v) is 13.5. The first-order chi connectivity index (χ1) is 10.4. The van der Waals surface area contributed by atoms with Crippen LogP contribution in [0.2, 0.25) is 0 Å². The van der Waals surface area contributed by atoms with Crippen LogP contribution < -0.4 is 14.8 Å². The number of rotatable bonds is 6. The third kappa shape index (κ3) is 4.19. The summed E-state index contributed by atoms with van der Waals surface area (Å²) in [7, 11) is -1.91. The molecule has 118 valence electrons. The Morgan fingerprint density at radius 2 is 1.77 bits per heavy atom. The SMILES string of the molecule is COc1ccc(Nc2ccc(S(=O)(=O)NC(C)C)cn2)cc1. The van der Waals surface area contributed by atoms with Crippen molar-refractivity contribution < 1.29 is 13.2 Å². The second-order valence-electron chi connectivity index (χ2n) is 5.01. The number of benzene rings is 1. The number of hydrogen-bond acceptors (Lipinski definition) is 5. The van der Waals surface area contributed by atoms with E-state index >= 15 is 0 Å². The first-order valence-corrected chi connectivity index (χ1v) is 8.28. The summed E-state index contributed by atoms with van der Waals surface area (Å²) in [6.07, 6.45) is 1.33. The molecule has 0 aliphatic rings. The minimum atomic E-state index is -3.51. The van der Waals surface area contributed by atoms with Crippen LogP contribution in [0.15, 0.2) is 47.5 Å². The molecule has 7 heteroatoms. The first-order valence-electron chi connectivity index (χ1n) is 6.80. The number of hydrogen-bond donors (Lipinski definition) is 2. The number of methoxy groups -OCH3 is 1. The summed E-state index contributed by atoms with van der Waals surface area (Å²) >= 11 is 0. The fourth-order valence-electron chi connectivity index (χ4n) is 1.81. The van der Waals surface area contributed by atoms with Gasteiger partial charge in [0.15, 0.2) is 0 Å². The van der Waals surface area contributed by atoms with E-state index in [0.29, 0.717) is 5.82 Å². The van der Waals surface area contributed by atoms with Gasteiger partial charge in [-0.05, 0) is 50.2 Å². The summed E-state index contributed by atoms with van der Waals surface area (Å²) in [6, 6.07) is 10.3. The van der Waals surface area contributed by atoms with Crippen molar-refractivity contribution in [1.82, 2.24) is 9.71 Å². The molecule has 0 bridgehead atoms. The standard InChI is InChI=1S/C15H19N3O3S/c1-11(2)18-22(19,20)14-8-9-15(16-10-14)17-12-4-6-13(21-3)7-5-12/h4-11,18H,1-3H3,(H,16,17). The molecule has 0 spiro atoms. The highest BCUT2D eigenvalue weighted by molar-refractivity contribution is 7.89. The van der Waals surface area contributed by atoms with E-state index in [4.69, 9.17) is 4.74 Å². The van der Waals surface area contributed by atoms with E-state index in [1.165, 1.54) is 12.3 Å². The Kier molecular flexibility index (Phi) is 4.99. The quantitative estimate of drug-likeness (QED) is 0.854. The Balaban J connectivity index is 2.11. The lowest BCUT2D eigenvalue weighted by Crippen LogP contribution is -2.30. The molecular formula is C15H19N3O3S. The van der Waals surface area contributed by atoms with Gasteiger partial charge in [0.05, 0.1) is 7.11 Å². The molecule has 0 aliphatic heterocycles. The number of nitrogens with one attached hydrogen (secondary N) is 2. The maximum atomic E-state index is 12.0. The molecule has 2 N–H and O–H groups in total. The second-order valence-corrected chi connectivity index (χ2v) is 6.72. The van der Waals surface area contributed by atoms with Gasteiger partial charge in [-0.25, -0.2) is 18.1 Å². The van der Waals surface area contributed by atoms with E-state index in [2.05, 4.69) is 15.0 Å². The van der Waals surface area contributed by atoms with Crippen LogP contribution in [-0.2, 0) is 10.0 Å². The molecule has 0 amide bonds. The summed E-state index contributed by atoms with van der Waals surface area (Å²) in [6.45, 7) is 3.54. The molecule has 2 rings (SSSR count). The van der Waals surface area contributed by atoms with Crippen molar-refractivity contribution in [3.63, 3.8) is 0 Å². The lowest BCUT2D eigenvalue weighted by Gasteiger charge is -2.10. The van der Waals surface area contributed by atoms with Crippen molar-refractivity contribution in [2.75, 3.05) is 12.4 Å². The molecule has 2 aromatic rings. The van der Waals surface area contributed by atoms with Crippen molar-refractivity contribution in [3.05, 3.63) is 42.6 Å². The van der Waals surface area contributed by atoms with E-state index in [-0.39, 0.29) is 10.9 Å². The van der Waals surface area contributed by atoms with Gasteiger partial charge in [-0.2, -0.15) is 0 Å². The largest absolute Gasteiger partial charge is 0.497 e. The van der Waals surface area contributed by atoms with E-state index < -0.39 is 10.0 Å². The van der Waals surface area contributed by atoms with Gasteiger partial charge in [0.2, 0.25) is 10.0 Å². The van der Waals surface area contributed by atoms with Gasteiger partial charge in [0, 0.05) is 17.9 Å². The Morgan fingerprint density at radius 1 is 1.09 bits per heavy atom. The third-order valence-electron chi connectivity index (χ3n) is 2.80. The van der Waals surface area contributed by atoms with Crippen LogP contribution in [0.5, 0.6) is 5.75 Å². The van der Waals surface area contributed by atoms with E-state index in [1.807, 2.05) is 24.3 Å². The Labute approximate surface area is 130 Å². The van der Waals surface area contributed by atoms with Crippen molar-refractivity contribution >= 4 is 21.5 Å². The molecule has 0 atom stereocenters. The van der Waals surface area contributed by atoms with E-state index in [0.717, 1.165) is 11.4 Å². The molecular weight excluding hydrogens is 302 g/mol. The molecule has 0 fully saturated rings. The van der Waals surface area contributed by atoms with Crippen LogP contribution >= 0.6 is 0 Å². The van der Waals surface area contributed by atoms with Crippen LogP contribution in [0.25, 0.3) is 0 Å². The van der Waals surface area contributed by atoms with Gasteiger partial charge in [-0.1, -0.05) is 0 Å². The average molecular weight is 321 g/mol. The summed E-state index contributed by atoms with van der Waals surface area (Å²) in [5.74, 6) is 1.33. The van der Waals surface area contributed by atoms with Crippen molar-refractivity contribution in [2.45, 2.75) is 24.8 Å². The topological polar surface area (TPSA) is 80.3 Å². The Hall–Kier alpha value is -2.12. The number of sulfonamides is 1. The van der Waals surface area contributed by atoms with Crippen LogP contribution in [0.1, 0.15) is 13.8 Å². The van der Waals surface area contributed by atoms with Gasteiger partial charge in [-0.15, -0.1) is 0 Å². The Bertz CT molecular complexity index is 711. The van der Waals surface area contributed by atoms with Gasteiger partial charge in [-0.3, -0.25) is 0 Å². The summed E-state index contributed by atoms with van der Waals surface area (Å²) < 4.78 is 31.6. The third-order valence-corrected chi connectivity index (χ3v) is 4.44. The predicted molar refractivity (Wildman–Crippen MR) is 86.0 cm³/mol. The number of aromatic nitrogens is 1. The number of nitrogens with zero attached hydrogens (tertiary/aromatic N) is 1. The number of ether oxygens (including phenoxy) is 1. The van der Waals surface area contributed by atoms with Crippen LogP contribution in [0.3, 0.4) is 0 Å². The molecule has 1 aromatic heterocycles. The monoisotopic (exact) mass is 321 g/mol. The van der Waals surface area contributed by atoms with Crippen LogP contribution in [0, 0.1) is 0 Å². The number of pyridine rings is 1. The minimum absolute atomic E-state index is 0.140. The fourth-order valence-corrected chi connectivity index (χ4v) is 3.01. The van der Waals surface area contributed by atoms with Gasteiger partial charge in [0.1, 0.15) is 16.5 Å². The molecule has 1 aromatic carbocycles. The molecule has 0 radical (unpaired) electrons. The smallest absolute Gasteiger partial charge is 0.242 e. The predicted octanol–water partition coefficient (Wildman–Crippen LogP) is 2.52. The zero-order valence-electron chi connectivity index (χ0n) is 12.7. The highest BCUT2D eigenvalue weighted by atomic mass is 32.2. The Morgan fingerprint density at radius 3 is 2.27 bits per heavy atom. The van der Waals surface area contributed by atoms with Gasteiger partial charge < -0.3 is 10.1 Å². The highest BCUT2D eigenvalue weighted by Crippen LogP contribution is 2.19. The highest BCUT2D eigenvalue weighted by Gasteiger charge is 2.15. The summed E-state index contributed by atoms with van der Waals surface area (Å²) in [5.41, 5.74) is 0.837. The molecule has 6 nitrogen and oxygen atoms in total. The lowest BCUT2D eigenvalue weighted by molar-refractivity contribution is 0.415. The molecule has 22 heavy (non-hydrogen) atoms.